The van der Waals surface area contributed by atoms with Gasteiger partial charge in [-0.15, -0.1) is 0 Å². The first-order valence-electron chi connectivity index (χ1n) is 8.19. The first-order chi connectivity index (χ1) is 13.0. The Kier molecular flexibility index (Phi) is 4.48. The van der Waals surface area contributed by atoms with Gasteiger partial charge < -0.3 is 10.6 Å². The van der Waals surface area contributed by atoms with Gasteiger partial charge in [-0.05, 0) is 42.5 Å². The first-order valence-corrected chi connectivity index (χ1v) is 8.98. The van der Waals surface area contributed by atoms with E-state index in [-0.39, 0.29) is 11.6 Å². The van der Waals surface area contributed by atoms with Crippen LogP contribution in [0.1, 0.15) is 31.8 Å². The summed E-state index contributed by atoms with van der Waals surface area (Å²) in [4.78, 5) is 25.8. The molecule has 0 amide bonds. The number of hydrogen-bond acceptors (Lipinski definition) is 3. The van der Waals surface area contributed by atoms with Gasteiger partial charge in [0.1, 0.15) is 0 Å². The number of hydrogen-bond donors (Lipinski definition) is 2. The van der Waals surface area contributed by atoms with Crippen molar-refractivity contribution in [2.45, 2.75) is 0 Å². The zero-order valence-corrected chi connectivity index (χ0v) is 15.5. The molecule has 4 rings (SSSR count). The number of fused-ring (bicyclic) bond motifs is 2. The van der Waals surface area contributed by atoms with Crippen molar-refractivity contribution in [3.63, 3.8) is 0 Å². The van der Waals surface area contributed by atoms with Gasteiger partial charge in [0.2, 0.25) is 0 Å². The van der Waals surface area contributed by atoms with Crippen LogP contribution in [0.25, 0.3) is 0 Å². The Morgan fingerprint density at radius 3 is 2.07 bits per heavy atom. The SMILES string of the molecule is O=C1c2ccccc2C(=O)c2c(NC(=S)Nc3ccc(Cl)cc3)cccc21. The third kappa shape index (κ3) is 3.23. The van der Waals surface area contributed by atoms with Crippen molar-refractivity contribution in [1.29, 1.82) is 0 Å². The van der Waals surface area contributed by atoms with Crippen LogP contribution in [-0.4, -0.2) is 16.7 Å². The number of thiocarbonyl (C=S) groups is 1. The minimum absolute atomic E-state index is 0.166. The topological polar surface area (TPSA) is 58.2 Å². The molecule has 4 nitrogen and oxygen atoms in total. The second-order valence-electron chi connectivity index (χ2n) is 6.02. The van der Waals surface area contributed by atoms with E-state index in [1.54, 1.807) is 66.7 Å². The number of carbonyl (C=O) groups is 2. The van der Waals surface area contributed by atoms with Crippen LogP contribution in [0.3, 0.4) is 0 Å². The zero-order chi connectivity index (χ0) is 19.0. The molecule has 0 saturated carbocycles. The van der Waals surface area contributed by atoms with Gasteiger partial charge in [-0.2, -0.15) is 0 Å². The molecular formula is C21H13ClN2O2S. The molecule has 0 heterocycles. The molecule has 0 bridgehead atoms. The molecule has 0 spiro atoms. The van der Waals surface area contributed by atoms with Gasteiger partial charge in [0.05, 0.1) is 11.3 Å². The third-order valence-electron chi connectivity index (χ3n) is 4.30. The smallest absolute Gasteiger partial charge is 0.196 e. The molecule has 0 radical (unpaired) electrons. The number of ketones is 2. The Morgan fingerprint density at radius 1 is 0.741 bits per heavy atom. The lowest BCUT2D eigenvalue weighted by Crippen LogP contribution is -2.25. The molecule has 0 aliphatic heterocycles. The molecule has 0 fully saturated rings. The van der Waals surface area contributed by atoms with Gasteiger partial charge in [0, 0.05) is 27.4 Å². The second-order valence-corrected chi connectivity index (χ2v) is 6.86. The number of carbonyl (C=O) groups excluding carboxylic acids is 2. The number of halogens is 1. The van der Waals surface area contributed by atoms with Gasteiger partial charge in [0.15, 0.2) is 16.7 Å². The van der Waals surface area contributed by atoms with Crippen LogP contribution in [0, 0.1) is 0 Å². The van der Waals surface area contributed by atoms with E-state index in [1.807, 2.05) is 0 Å². The number of benzene rings is 3. The fourth-order valence-corrected chi connectivity index (χ4v) is 3.42. The van der Waals surface area contributed by atoms with Gasteiger partial charge in [-0.3, -0.25) is 9.59 Å². The molecule has 2 N–H and O–H groups in total. The van der Waals surface area contributed by atoms with Gasteiger partial charge in [0.25, 0.3) is 0 Å². The van der Waals surface area contributed by atoms with Crippen LogP contribution in [0.4, 0.5) is 11.4 Å². The molecule has 27 heavy (non-hydrogen) atoms. The van der Waals surface area contributed by atoms with Crippen LogP contribution in [0.15, 0.2) is 66.7 Å². The molecule has 3 aromatic rings. The van der Waals surface area contributed by atoms with Crippen molar-refractivity contribution >= 4 is 51.9 Å². The van der Waals surface area contributed by atoms with Crippen LogP contribution in [-0.2, 0) is 0 Å². The van der Waals surface area contributed by atoms with Crippen molar-refractivity contribution < 1.29 is 9.59 Å². The Hall–Kier alpha value is -3.02. The highest BCUT2D eigenvalue weighted by Crippen LogP contribution is 2.32. The minimum atomic E-state index is -0.197. The molecule has 1 aliphatic rings. The van der Waals surface area contributed by atoms with Crippen molar-refractivity contribution in [3.8, 4) is 0 Å². The molecule has 1 aliphatic carbocycles. The van der Waals surface area contributed by atoms with E-state index >= 15 is 0 Å². The molecule has 0 unspecified atom stereocenters. The van der Waals surface area contributed by atoms with Crippen molar-refractivity contribution in [3.05, 3.63) is 94.0 Å². The highest BCUT2D eigenvalue weighted by Gasteiger charge is 2.31. The number of rotatable bonds is 2. The summed E-state index contributed by atoms with van der Waals surface area (Å²) in [5, 5.41) is 7.00. The maximum absolute atomic E-state index is 13.0. The summed E-state index contributed by atoms with van der Waals surface area (Å²) in [5.74, 6) is -0.363. The lowest BCUT2D eigenvalue weighted by molar-refractivity contribution is 0.0979. The van der Waals surface area contributed by atoms with Crippen molar-refractivity contribution in [2.75, 3.05) is 10.6 Å². The highest BCUT2D eigenvalue weighted by atomic mass is 35.5. The van der Waals surface area contributed by atoms with E-state index < -0.39 is 0 Å². The van der Waals surface area contributed by atoms with Crippen LogP contribution in [0.2, 0.25) is 5.02 Å². The standard InChI is InChI=1S/C21H13ClN2O2S/c22-12-8-10-13(11-9-12)23-21(27)24-17-7-3-6-16-18(17)20(26)15-5-2-1-4-14(15)19(16)25/h1-11H,(H2,23,24,27). The lowest BCUT2D eigenvalue weighted by Gasteiger charge is -2.21. The summed E-state index contributed by atoms with van der Waals surface area (Å²) in [6, 6.07) is 19.0. The van der Waals surface area contributed by atoms with Gasteiger partial charge >= 0.3 is 0 Å². The largest absolute Gasteiger partial charge is 0.332 e. The highest BCUT2D eigenvalue weighted by molar-refractivity contribution is 7.80. The van der Waals surface area contributed by atoms with E-state index in [0.717, 1.165) is 5.69 Å². The van der Waals surface area contributed by atoms with Gasteiger partial charge in [-0.25, -0.2) is 0 Å². The average molecular weight is 393 g/mol. The summed E-state index contributed by atoms with van der Waals surface area (Å²) in [7, 11) is 0. The third-order valence-corrected chi connectivity index (χ3v) is 4.76. The molecule has 0 saturated heterocycles. The number of nitrogens with one attached hydrogen (secondary N) is 2. The molecule has 0 atom stereocenters. The predicted octanol–water partition coefficient (Wildman–Crippen LogP) is 4.92. The fraction of sp³-hybridized carbons (Fsp3) is 0. The monoisotopic (exact) mass is 392 g/mol. The maximum atomic E-state index is 13.0. The quantitative estimate of drug-likeness (QED) is 0.474. The van der Waals surface area contributed by atoms with Crippen LogP contribution >= 0.6 is 23.8 Å². The lowest BCUT2D eigenvalue weighted by atomic mass is 9.83. The maximum Gasteiger partial charge on any atom is 0.196 e. The number of anilines is 2. The predicted molar refractivity (Wildman–Crippen MR) is 111 cm³/mol. The summed E-state index contributed by atoms with van der Waals surface area (Å²) in [6.45, 7) is 0. The Morgan fingerprint density at radius 2 is 1.37 bits per heavy atom. The van der Waals surface area contributed by atoms with Crippen molar-refractivity contribution in [2.24, 2.45) is 0 Å². The van der Waals surface area contributed by atoms with Crippen molar-refractivity contribution in [1.82, 2.24) is 0 Å². The average Bonchev–Trinajstić information content (AvgIpc) is 2.68. The first kappa shape index (κ1) is 17.4. The Bertz CT molecular complexity index is 1090. The second kappa shape index (κ2) is 6.95. The summed E-state index contributed by atoms with van der Waals surface area (Å²) in [6.07, 6.45) is 0. The molecule has 132 valence electrons. The molecule has 0 aromatic heterocycles. The van der Waals surface area contributed by atoms with Gasteiger partial charge in [-0.1, -0.05) is 48.0 Å². The van der Waals surface area contributed by atoms with E-state index in [2.05, 4.69) is 10.6 Å². The van der Waals surface area contributed by atoms with E-state index in [4.69, 9.17) is 23.8 Å². The van der Waals surface area contributed by atoms with Crippen LogP contribution < -0.4 is 10.6 Å². The molecule has 3 aromatic carbocycles. The summed E-state index contributed by atoms with van der Waals surface area (Å²) in [5.41, 5.74) is 2.79. The van der Waals surface area contributed by atoms with Crippen LogP contribution in [0.5, 0.6) is 0 Å². The fourth-order valence-electron chi connectivity index (χ4n) is 3.07. The van der Waals surface area contributed by atoms with E-state index in [0.29, 0.717) is 38.1 Å². The normalized spacial score (nSPS) is 12.2. The zero-order valence-electron chi connectivity index (χ0n) is 14.0. The summed E-state index contributed by atoms with van der Waals surface area (Å²) >= 11 is 11.2. The molecular weight excluding hydrogens is 380 g/mol. The molecule has 6 heteroatoms. The Balaban J connectivity index is 1.66. The summed E-state index contributed by atoms with van der Waals surface area (Å²) < 4.78 is 0. The van der Waals surface area contributed by atoms with E-state index in [1.165, 1.54) is 0 Å². The van der Waals surface area contributed by atoms with E-state index in [9.17, 15) is 9.59 Å². The Labute approximate surface area is 166 Å². The minimum Gasteiger partial charge on any atom is -0.332 e.